The van der Waals surface area contributed by atoms with E-state index in [9.17, 15) is 8.42 Å². The lowest BCUT2D eigenvalue weighted by atomic mass is 10.2. The van der Waals surface area contributed by atoms with Gasteiger partial charge in [0.25, 0.3) is 10.0 Å². The second-order valence-corrected chi connectivity index (χ2v) is 8.38. The van der Waals surface area contributed by atoms with Gasteiger partial charge in [-0.2, -0.15) is 5.26 Å². The van der Waals surface area contributed by atoms with Crippen LogP contribution in [0.15, 0.2) is 58.9 Å². The summed E-state index contributed by atoms with van der Waals surface area (Å²) < 4.78 is 27.3. The topological polar surface area (TPSA) is 94.9 Å². The molecule has 2 heterocycles. The summed E-state index contributed by atoms with van der Waals surface area (Å²) in [7, 11) is -3.61. The van der Waals surface area contributed by atoms with Crippen LogP contribution in [0.3, 0.4) is 0 Å². The number of nitrogens with one attached hydrogen (secondary N) is 2. The lowest BCUT2D eigenvalue weighted by Gasteiger charge is -2.09. The van der Waals surface area contributed by atoms with E-state index >= 15 is 0 Å². The summed E-state index contributed by atoms with van der Waals surface area (Å²) in [6.45, 7) is 1.85. The average molecular weight is 370 g/mol. The van der Waals surface area contributed by atoms with Crippen LogP contribution >= 0.6 is 11.3 Å². The first kappa shape index (κ1) is 17.0. The largest absolute Gasteiger partial charge is 0.339 e. The molecule has 0 bridgehead atoms. The standard InChI is InChI=1S/C17H14N4O2S2/c1-12-6-9-17(24-12)25(22,23)21-14-7-8-16(19-11-14)20-15-5-3-2-4-13(15)10-18/h2-9,11,21H,1H3,(H,19,20). The van der Waals surface area contributed by atoms with Gasteiger partial charge in [0.05, 0.1) is 23.1 Å². The molecule has 0 spiro atoms. The Kier molecular flexibility index (Phi) is 4.70. The van der Waals surface area contributed by atoms with Gasteiger partial charge in [-0.1, -0.05) is 12.1 Å². The van der Waals surface area contributed by atoms with Crippen molar-refractivity contribution in [3.8, 4) is 6.07 Å². The van der Waals surface area contributed by atoms with Gasteiger partial charge in [-0.3, -0.25) is 4.72 Å². The number of sulfonamides is 1. The van der Waals surface area contributed by atoms with E-state index in [-0.39, 0.29) is 4.21 Å². The summed E-state index contributed by atoms with van der Waals surface area (Å²) in [5, 5.41) is 12.1. The van der Waals surface area contributed by atoms with E-state index in [1.165, 1.54) is 17.5 Å². The first-order valence-electron chi connectivity index (χ1n) is 7.29. The van der Waals surface area contributed by atoms with Crippen LogP contribution in [0.25, 0.3) is 0 Å². The Bertz CT molecular complexity index is 1040. The number of pyridine rings is 1. The third-order valence-corrected chi connectivity index (χ3v) is 6.18. The number of nitriles is 1. The summed E-state index contributed by atoms with van der Waals surface area (Å²) in [5.41, 5.74) is 1.51. The molecule has 126 valence electrons. The highest BCUT2D eigenvalue weighted by Gasteiger charge is 2.16. The highest BCUT2D eigenvalue weighted by atomic mass is 32.2. The molecule has 0 fully saturated rings. The molecule has 3 aromatic rings. The molecule has 0 saturated carbocycles. The molecule has 0 saturated heterocycles. The van der Waals surface area contributed by atoms with Gasteiger partial charge in [0.2, 0.25) is 0 Å². The number of para-hydroxylation sites is 1. The highest BCUT2D eigenvalue weighted by Crippen LogP contribution is 2.24. The zero-order valence-electron chi connectivity index (χ0n) is 13.2. The molecule has 2 aromatic heterocycles. The summed E-state index contributed by atoms with van der Waals surface area (Å²) in [5.74, 6) is 0.512. The molecule has 0 atom stereocenters. The molecule has 2 N–H and O–H groups in total. The second kappa shape index (κ2) is 6.93. The number of aryl methyl sites for hydroxylation is 1. The normalized spacial score (nSPS) is 10.9. The van der Waals surface area contributed by atoms with Crippen LogP contribution < -0.4 is 10.0 Å². The molecule has 25 heavy (non-hydrogen) atoms. The van der Waals surface area contributed by atoms with Gasteiger partial charge in [-0.25, -0.2) is 13.4 Å². The lowest BCUT2D eigenvalue weighted by molar-refractivity contribution is 0.603. The van der Waals surface area contributed by atoms with Gasteiger partial charge in [0.15, 0.2) is 0 Å². The van der Waals surface area contributed by atoms with Gasteiger partial charge < -0.3 is 5.32 Å². The minimum absolute atomic E-state index is 0.259. The molecule has 0 amide bonds. The SMILES string of the molecule is Cc1ccc(S(=O)(=O)Nc2ccc(Nc3ccccc3C#N)nc2)s1. The molecule has 6 nitrogen and oxygen atoms in total. The quantitative estimate of drug-likeness (QED) is 0.711. The van der Waals surface area contributed by atoms with Crippen LogP contribution in [0.4, 0.5) is 17.2 Å². The van der Waals surface area contributed by atoms with Crippen molar-refractivity contribution in [2.45, 2.75) is 11.1 Å². The van der Waals surface area contributed by atoms with Crippen molar-refractivity contribution >= 4 is 38.6 Å². The molecular formula is C17H14N4O2S2. The summed E-state index contributed by atoms with van der Waals surface area (Å²) in [4.78, 5) is 5.11. The number of hydrogen-bond donors (Lipinski definition) is 2. The van der Waals surface area contributed by atoms with Crippen molar-refractivity contribution in [3.05, 3.63) is 65.2 Å². The van der Waals surface area contributed by atoms with Crippen molar-refractivity contribution < 1.29 is 8.42 Å². The fourth-order valence-electron chi connectivity index (χ4n) is 2.12. The van der Waals surface area contributed by atoms with Crippen LogP contribution in [0.2, 0.25) is 0 Å². The molecule has 0 unspecified atom stereocenters. The van der Waals surface area contributed by atoms with E-state index in [4.69, 9.17) is 5.26 Å². The Labute approximate surface area is 149 Å². The van der Waals surface area contributed by atoms with E-state index in [0.29, 0.717) is 22.8 Å². The lowest BCUT2D eigenvalue weighted by Crippen LogP contribution is -2.11. The van der Waals surface area contributed by atoms with Gasteiger partial charge in [-0.15, -0.1) is 11.3 Å². The summed E-state index contributed by atoms with van der Waals surface area (Å²) >= 11 is 1.21. The van der Waals surface area contributed by atoms with Crippen LogP contribution in [-0.2, 0) is 10.0 Å². The Hall–Kier alpha value is -2.89. The van der Waals surface area contributed by atoms with Gasteiger partial charge in [0, 0.05) is 4.88 Å². The number of nitrogens with zero attached hydrogens (tertiary/aromatic N) is 2. The van der Waals surface area contributed by atoms with Crippen LogP contribution in [0, 0.1) is 18.3 Å². The molecular weight excluding hydrogens is 356 g/mol. The van der Waals surface area contributed by atoms with E-state index in [0.717, 1.165) is 4.88 Å². The zero-order chi connectivity index (χ0) is 17.9. The van der Waals surface area contributed by atoms with Crippen LogP contribution in [0.1, 0.15) is 10.4 Å². The van der Waals surface area contributed by atoms with E-state index in [1.807, 2.05) is 13.0 Å². The number of anilines is 3. The maximum absolute atomic E-state index is 12.3. The Morgan fingerprint density at radius 1 is 1.12 bits per heavy atom. The third kappa shape index (κ3) is 3.96. The fraction of sp³-hybridized carbons (Fsp3) is 0.0588. The first-order valence-corrected chi connectivity index (χ1v) is 9.59. The number of benzene rings is 1. The minimum Gasteiger partial charge on any atom is -0.339 e. The number of aromatic nitrogens is 1. The number of rotatable bonds is 5. The molecule has 0 radical (unpaired) electrons. The molecule has 1 aromatic carbocycles. The second-order valence-electron chi connectivity index (χ2n) is 5.19. The highest BCUT2D eigenvalue weighted by molar-refractivity contribution is 7.94. The molecule has 0 aliphatic rings. The maximum atomic E-state index is 12.3. The van der Waals surface area contributed by atoms with Crippen molar-refractivity contribution in [2.24, 2.45) is 0 Å². The van der Waals surface area contributed by atoms with Crippen molar-refractivity contribution in [2.75, 3.05) is 10.0 Å². The molecule has 0 aliphatic carbocycles. The predicted molar refractivity (Wildman–Crippen MR) is 98.5 cm³/mol. The smallest absolute Gasteiger partial charge is 0.271 e. The number of hydrogen-bond acceptors (Lipinski definition) is 6. The Morgan fingerprint density at radius 2 is 1.92 bits per heavy atom. The van der Waals surface area contributed by atoms with Crippen LogP contribution in [-0.4, -0.2) is 13.4 Å². The summed E-state index contributed by atoms with van der Waals surface area (Å²) in [6, 6.07) is 15.8. The van der Waals surface area contributed by atoms with Crippen LogP contribution in [0.5, 0.6) is 0 Å². The third-order valence-electron chi connectivity index (χ3n) is 3.31. The Balaban J connectivity index is 1.76. The van der Waals surface area contributed by atoms with Gasteiger partial charge in [0.1, 0.15) is 16.1 Å². The maximum Gasteiger partial charge on any atom is 0.271 e. The molecule has 0 aliphatic heterocycles. The first-order chi connectivity index (χ1) is 12.0. The van der Waals surface area contributed by atoms with Crippen molar-refractivity contribution in [1.82, 2.24) is 4.98 Å². The average Bonchev–Trinajstić information content (AvgIpc) is 3.04. The number of thiophene rings is 1. The van der Waals surface area contributed by atoms with E-state index < -0.39 is 10.0 Å². The van der Waals surface area contributed by atoms with E-state index in [1.54, 1.807) is 42.5 Å². The monoisotopic (exact) mass is 370 g/mol. The van der Waals surface area contributed by atoms with Crippen molar-refractivity contribution in [1.29, 1.82) is 5.26 Å². The minimum atomic E-state index is -3.61. The molecule has 3 rings (SSSR count). The van der Waals surface area contributed by atoms with Gasteiger partial charge in [-0.05, 0) is 43.3 Å². The summed E-state index contributed by atoms with van der Waals surface area (Å²) in [6.07, 6.45) is 1.43. The Morgan fingerprint density at radius 3 is 2.56 bits per heavy atom. The van der Waals surface area contributed by atoms with Gasteiger partial charge >= 0.3 is 0 Å². The predicted octanol–water partition coefficient (Wildman–Crippen LogP) is 3.87. The molecule has 8 heteroatoms. The zero-order valence-corrected chi connectivity index (χ0v) is 14.9. The fourth-order valence-corrected chi connectivity index (χ4v) is 4.44. The van der Waals surface area contributed by atoms with E-state index in [2.05, 4.69) is 21.1 Å². The van der Waals surface area contributed by atoms with Crippen molar-refractivity contribution in [3.63, 3.8) is 0 Å².